The van der Waals surface area contributed by atoms with Crippen molar-refractivity contribution in [3.8, 4) is 0 Å². The number of aryl methyl sites for hydroxylation is 1. The Morgan fingerprint density at radius 1 is 1.19 bits per heavy atom. The Kier molecular flexibility index (Phi) is 8.56. The SMILES string of the molecule is C=C1c2ccc(CCCCCCCNC)cc2CN1C(C=O)CCC=O. The Labute approximate surface area is 157 Å². The molecule has 1 aromatic carbocycles. The highest BCUT2D eigenvalue weighted by molar-refractivity contribution is 5.73. The molecule has 2 rings (SSSR count). The number of aldehydes is 2. The number of nitrogens with one attached hydrogen (secondary N) is 1. The van der Waals surface area contributed by atoms with E-state index < -0.39 is 0 Å². The van der Waals surface area contributed by atoms with Crippen molar-refractivity contribution in [1.29, 1.82) is 0 Å². The number of hydrogen-bond donors (Lipinski definition) is 1. The van der Waals surface area contributed by atoms with Gasteiger partial charge in [-0.1, -0.05) is 44.0 Å². The Bertz CT molecular complexity index is 612. The summed E-state index contributed by atoms with van der Waals surface area (Å²) in [5.74, 6) is 0. The quantitative estimate of drug-likeness (QED) is 0.432. The van der Waals surface area contributed by atoms with Crippen molar-refractivity contribution in [1.82, 2.24) is 10.2 Å². The number of carbonyl (C=O) groups excluding carboxylic acids is 2. The van der Waals surface area contributed by atoms with E-state index in [1.807, 2.05) is 11.9 Å². The van der Waals surface area contributed by atoms with Crippen LogP contribution in [0.15, 0.2) is 24.8 Å². The number of nitrogens with zero attached hydrogens (tertiary/aromatic N) is 1. The lowest BCUT2D eigenvalue weighted by molar-refractivity contribution is -0.112. The maximum absolute atomic E-state index is 11.4. The Balaban J connectivity index is 1.86. The highest BCUT2D eigenvalue weighted by Crippen LogP contribution is 2.34. The lowest BCUT2D eigenvalue weighted by atomic mass is 10.0. The molecule has 4 nitrogen and oxygen atoms in total. The van der Waals surface area contributed by atoms with Crippen LogP contribution >= 0.6 is 0 Å². The smallest absolute Gasteiger partial charge is 0.142 e. The molecule has 0 aliphatic carbocycles. The van der Waals surface area contributed by atoms with Gasteiger partial charge in [-0.25, -0.2) is 0 Å². The molecular formula is C22H32N2O2. The third-order valence-electron chi connectivity index (χ3n) is 5.20. The minimum Gasteiger partial charge on any atom is -0.357 e. The molecule has 0 fully saturated rings. The second kappa shape index (κ2) is 10.9. The van der Waals surface area contributed by atoms with Crippen LogP contribution < -0.4 is 5.32 Å². The molecule has 0 saturated carbocycles. The maximum Gasteiger partial charge on any atom is 0.142 e. The van der Waals surface area contributed by atoms with Gasteiger partial charge in [0.1, 0.15) is 12.6 Å². The van der Waals surface area contributed by atoms with Gasteiger partial charge in [0.25, 0.3) is 0 Å². The summed E-state index contributed by atoms with van der Waals surface area (Å²) >= 11 is 0. The predicted molar refractivity (Wildman–Crippen MR) is 107 cm³/mol. The Morgan fingerprint density at radius 3 is 2.69 bits per heavy atom. The van der Waals surface area contributed by atoms with E-state index in [4.69, 9.17) is 0 Å². The fraction of sp³-hybridized carbons (Fsp3) is 0.545. The average Bonchev–Trinajstić information content (AvgIpc) is 2.98. The zero-order valence-electron chi connectivity index (χ0n) is 16.0. The second-order valence-electron chi connectivity index (χ2n) is 7.13. The van der Waals surface area contributed by atoms with E-state index in [1.165, 1.54) is 43.2 Å². The summed E-state index contributed by atoms with van der Waals surface area (Å²) in [5, 5.41) is 3.19. The van der Waals surface area contributed by atoms with Crippen molar-refractivity contribution in [2.24, 2.45) is 0 Å². The van der Waals surface area contributed by atoms with E-state index in [1.54, 1.807) is 0 Å². The molecule has 142 valence electrons. The van der Waals surface area contributed by atoms with Gasteiger partial charge in [0.15, 0.2) is 0 Å². The molecule has 1 unspecified atom stereocenters. The molecule has 1 aromatic rings. The number of hydrogen-bond acceptors (Lipinski definition) is 4. The Hall–Kier alpha value is -1.94. The number of benzene rings is 1. The van der Waals surface area contributed by atoms with Crippen LogP contribution in [0.5, 0.6) is 0 Å². The van der Waals surface area contributed by atoms with Gasteiger partial charge in [-0.2, -0.15) is 0 Å². The molecule has 0 aromatic heterocycles. The zero-order chi connectivity index (χ0) is 18.8. The number of fused-ring (bicyclic) bond motifs is 1. The number of rotatable bonds is 13. The molecule has 1 atom stereocenters. The lowest BCUT2D eigenvalue weighted by Crippen LogP contribution is -2.31. The molecule has 0 spiro atoms. The normalized spacial score (nSPS) is 14.3. The second-order valence-corrected chi connectivity index (χ2v) is 7.13. The monoisotopic (exact) mass is 356 g/mol. The van der Waals surface area contributed by atoms with Crippen molar-refractivity contribution in [3.05, 3.63) is 41.5 Å². The molecule has 1 aliphatic rings. The van der Waals surface area contributed by atoms with Crippen LogP contribution in [0, 0.1) is 0 Å². The molecule has 4 heteroatoms. The van der Waals surface area contributed by atoms with Crippen LogP contribution in [0.4, 0.5) is 0 Å². The molecule has 0 saturated heterocycles. The summed E-state index contributed by atoms with van der Waals surface area (Å²) in [7, 11) is 2.00. The summed E-state index contributed by atoms with van der Waals surface area (Å²) in [4.78, 5) is 24.1. The van der Waals surface area contributed by atoms with Crippen LogP contribution in [0.2, 0.25) is 0 Å². The van der Waals surface area contributed by atoms with Crippen LogP contribution in [-0.4, -0.2) is 37.1 Å². The summed E-state index contributed by atoms with van der Waals surface area (Å²) in [5.41, 5.74) is 4.65. The van der Waals surface area contributed by atoms with E-state index in [0.29, 0.717) is 19.4 Å². The van der Waals surface area contributed by atoms with Crippen molar-refractivity contribution in [2.45, 2.75) is 64.0 Å². The van der Waals surface area contributed by atoms with Crippen molar-refractivity contribution in [3.63, 3.8) is 0 Å². The standard InChI is InChI=1S/C22H32N2O2/c1-18-22-12-11-19(9-6-4-3-5-7-13-23-2)15-20(22)16-24(18)21(17-26)10-8-14-25/h11-12,14-15,17,21,23H,1,3-10,13,16H2,2H3. The largest absolute Gasteiger partial charge is 0.357 e. The van der Waals surface area contributed by atoms with E-state index in [9.17, 15) is 9.59 Å². The number of carbonyl (C=O) groups is 2. The number of unbranched alkanes of at least 4 members (excludes halogenated alkanes) is 4. The summed E-state index contributed by atoms with van der Waals surface area (Å²) < 4.78 is 0. The van der Waals surface area contributed by atoms with Gasteiger partial charge in [-0.3, -0.25) is 0 Å². The zero-order valence-corrected chi connectivity index (χ0v) is 16.0. The minimum atomic E-state index is -0.263. The molecule has 0 bridgehead atoms. The molecule has 1 N–H and O–H groups in total. The molecule has 0 amide bonds. The van der Waals surface area contributed by atoms with Gasteiger partial charge < -0.3 is 19.8 Å². The van der Waals surface area contributed by atoms with Gasteiger partial charge in [-0.15, -0.1) is 0 Å². The summed E-state index contributed by atoms with van der Waals surface area (Å²) in [6, 6.07) is 6.33. The van der Waals surface area contributed by atoms with Gasteiger partial charge in [-0.05, 0) is 50.4 Å². The highest BCUT2D eigenvalue weighted by Gasteiger charge is 2.28. The highest BCUT2D eigenvalue weighted by atomic mass is 16.1. The summed E-state index contributed by atoms with van der Waals surface area (Å²) in [6.45, 7) is 6.00. The molecule has 1 aliphatic heterocycles. The third-order valence-corrected chi connectivity index (χ3v) is 5.20. The minimum absolute atomic E-state index is 0.263. The first kappa shape index (κ1) is 20.4. The lowest BCUT2D eigenvalue weighted by Gasteiger charge is -2.25. The van der Waals surface area contributed by atoms with Crippen LogP contribution in [-0.2, 0) is 22.6 Å². The summed E-state index contributed by atoms with van der Waals surface area (Å²) in [6.07, 6.45) is 10.2. The predicted octanol–water partition coefficient (Wildman–Crippen LogP) is 3.73. The van der Waals surface area contributed by atoms with Crippen LogP contribution in [0.1, 0.15) is 61.6 Å². The van der Waals surface area contributed by atoms with Crippen molar-refractivity contribution >= 4 is 18.3 Å². The van der Waals surface area contributed by atoms with E-state index >= 15 is 0 Å². The van der Waals surface area contributed by atoms with Gasteiger partial charge in [0, 0.05) is 24.2 Å². The van der Waals surface area contributed by atoms with E-state index in [-0.39, 0.29) is 6.04 Å². The topological polar surface area (TPSA) is 49.4 Å². The average molecular weight is 357 g/mol. The van der Waals surface area contributed by atoms with Crippen molar-refractivity contribution < 1.29 is 9.59 Å². The van der Waals surface area contributed by atoms with Crippen molar-refractivity contribution in [2.75, 3.05) is 13.6 Å². The van der Waals surface area contributed by atoms with Gasteiger partial charge >= 0.3 is 0 Å². The van der Waals surface area contributed by atoms with E-state index in [2.05, 4.69) is 30.1 Å². The fourth-order valence-electron chi connectivity index (χ4n) is 3.66. The Morgan fingerprint density at radius 2 is 1.96 bits per heavy atom. The van der Waals surface area contributed by atoms with Crippen LogP contribution in [0.25, 0.3) is 5.70 Å². The molecule has 1 heterocycles. The van der Waals surface area contributed by atoms with E-state index in [0.717, 1.165) is 36.8 Å². The van der Waals surface area contributed by atoms with Gasteiger partial charge in [0.2, 0.25) is 0 Å². The first-order valence-corrected chi connectivity index (χ1v) is 9.82. The third kappa shape index (κ3) is 5.53. The molecule has 26 heavy (non-hydrogen) atoms. The molecule has 0 radical (unpaired) electrons. The first-order valence-electron chi connectivity index (χ1n) is 9.82. The maximum atomic E-state index is 11.4. The van der Waals surface area contributed by atoms with Gasteiger partial charge in [0.05, 0.1) is 6.04 Å². The fourth-order valence-corrected chi connectivity index (χ4v) is 3.66. The first-order chi connectivity index (χ1) is 12.7. The molecular weight excluding hydrogens is 324 g/mol. The van der Waals surface area contributed by atoms with Crippen LogP contribution in [0.3, 0.4) is 0 Å².